The second-order valence-electron chi connectivity index (χ2n) is 9.31. The van der Waals surface area contributed by atoms with Crippen molar-refractivity contribution in [3.63, 3.8) is 0 Å². The molecule has 0 unspecified atom stereocenters. The number of amides is 1. The second kappa shape index (κ2) is 9.77. The van der Waals surface area contributed by atoms with E-state index in [0.717, 1.165) is 17.0 Å². The van der Waals surface area contributed by atoms with Crippen LogP contribution in [0.15, 0.2) is 30.3 Å². The summed E-state index contributed by atoms with van der Waals surface area (Å²) in [4.78, 5) is 29.5. The number of benzene rings is 1. The zero-order valence-electron chi connectivity index (χ0n) is 20.1. The van der Waals surface area contributed by atoms with Crippen LogP contribution >= 0.6 is 0 Å². The average molecular weight is 442 g/mol. The van der Waals surface area contributed by atoms with Gasteiger partial charge in [0, 0.05) is 48.7 Å². The molecule has 3 rings (SSSR count). The van der Waals surface area contributed by atoms with E-state index >= 15 is 0 Å². The van der Waals surface area contributed by atoms with Crippen LogP contribution < -0.4 is 9.47 Å². The summed E-state index contributed by atoms with van der Waals surface area (Å²) in [7, 11) is 1.57. The molecule has 0 saturated carbocycles. The molecule has 1 amide bonds. The molecule has 1 aliphatic heterocycles. The van der Waals surface area contributed by atoms with Gasteiger partial charge < -0.3 is 18.9 Å². The highest BCUT2D eigenvalue weighted by Gasteiger charge is 2.26. The Morgan fingerprint density at radius 3 is 2.19 bits per heavy atom. The van der Waals surface area contributed by atoms with Gasteiger partial charge in [0.2, 0.25) is 0 Å². The van der Waals surface area contributed by atoms with Crippen molar-refractivity contribution in [1.82, 2.24) is 14.4 Å². The number of rotatable bonds is 7. The Morgan fingerprint density at radius 2 is 1.62 bits per heavy atom. The van der Waals surface area contributed by atoms with Crippen molar-refractivity contribution >= 4 is 11.7 Å². The van der Waals surface area contributed by atoms with Gasteiger partial charge in [0.05, 0.1) is 13.7 Å². The fourth-order valence-corrected chi connectivity index (χ4v) is 4.49. The molecule has 0 aliphatic carbocycles. The van der Waals surface area contributed by atoms with Crippen LogP contribution in [-0.4, -0.2) is 72.5 Å². The van der Waals surface area contributed by atoms with Gasteiger partial charge in [-0.25, -0.2) is 0 Å². The third-order valence-corrected chi connectivity index (χ3v) is 5.91. The summed E-state index contributed by atoms with van der Waals surface area (Å²) >= 11 is 0. The van der Waals surface area contributed by atoms with Crippen LogP contribution in [0.5, 0.6) is 11.5 Å². The lowest BCUT2D eigenvalue weighted by molar-refractivity contribution is -0.135. The van der Waals surface area contributed by atoms with E-state index in [1.807, 2.05) is 32.0 Å². The number of hydrogen-bond donors (Lipinski definition) is 0. The summed E-state index contributed by atoms with van der Waals surface area (Å²) < 4.78 is 13.1. The summed E-state index contributed by atoms with van der Waals surface area (Å²) in [5.74, 6) is 1.23. The number of carbonyl (C=O) groups excluding carboxylic acids is 2. The van der Waals surface area contributed by atoms with Gasteiger partial charge in [0.15, 0.2) is 23.9 Å². The van der Waals surface area contributed by atoms with E-state index in [4.69, 9.17) is 9.47 Å². The Kier molecular flexibility index (Phi) is 7.29. The zero-order chi connectivity index (χ0) is 23.5. The van der Waals surface area contributed by atoms with Crippen molar-refractivity contribution in [2.75, 3.05) is 46.4 Å². The molecule has 32 heavy (non-hydrogen) atoms. The number of ether oxygens (including phenoxy) is 2. The molecule has 1 saturated heterocycles. The second-order valence-corrected chi connectivity index (χ2v) is 9.31. The topological polar surface area (TPSA) is 64.0 Å². The minimum absolute atomic E-state index is 0.0297. The Balaban J connectivity index is 1.52. The van der Waals surface area contributed by atoms with E-state index < -0.39 is 0 Å². The Labute approximate surface area is 190 Å². The molecule has 0 atom stereocenters. The zero-order valence-corrected chi connectivity index (χ0v) is 20.1. The summed E-state index contributed by atoms with van der Waals surface area (Å²) in [6.07, 6.45) is 0. The van der Waals surface area contributed by atoms with Crippen molar-refractivity contribution in [3.8, 4) is 11.5 Å². The number of aryl methyl sites for hydroxylation is 1. The molecule has 7 nitrogen and oxygen atoms in total. The maximum Gasteiger partial charge on any atom is 0.260 e. The van der Waals surface area contributed by atoms with Crippen molar-refractivity contribution in [1.29, 1.82) is 0 Å². The van der Waals surface area contributed by atoms with Crippen LogP contribution in [0.25, 0.3) is 0 Å². The maximum atomic E-state index is 13.0. The number of methoxy groups -OCH3 is 1. The van der Waals surface area contributed by atoms with Crippen molar-refractivity contribution < 1.29 is 19.1 Å². The predicted molar refractivity (Wildman–Crippen MR) is 125 cm³/mol. The molecule has 1 aliphatic rings. The van der Waals surface area contributed by atoms with Crippen LogP contribution in [0.4, 0.5) is 0 Å². The van der Waals surface area contributed by atoms with Gasteiger partial charge in [0.25, 0.3) is 5.91 Å². The quantitative estimate of drug-likeness (QED) is 0.617. The van der Waals surface area contributed by atoms with Gasteiger partial charge in [-0.15, -0.1) is 0 Å². The van der Waals surface area contributed by atoms with Crippen LogP contribution in [-0.2, 0) is 10.3 Å². The number of carbonyl (C=O) groups is 2. The third kappa shape index (κ3) is 5.33. The normalized spacial score (nSPS) is 15.0. The smallest absolute Gasteiger partial charge is 0.260 e. The molecule has 0 radical (unpaired) electrons. The largest absolute Gasteiger partial charge is 0.493 e. The van der Waals surface area contributed by atoms with Crippen LogP contribution in [0.2, 0.25) is 0 Å². The van der Waals surface area contributed by atoms with E-state index in [0.29, 0.717) is 44.2 Å². The predicted octanol–water partition coefficient (Wildman–Crippen LogP) is 3.27. The lowest BCUT2D eigenvalue weighted by atomic mass is 10.1. The number of hydrogen-bond acceptors (Lipinski definition) is 5. The van der Waals surface area contributed by atoms with Gasteiger partial charge in [-0.05, 0) is 52.8 Å². The van der Waals surface area contributed by atoms with Gasteiger partial charge >= 0.3 is 0 Å². The minimum atomic E-state index is -0.0650. The summed E-state index contributed by atoms with van der Waals surface area (Å²) in [5.41, 5.74) is 2.84. The first-order valence-electron chi connectivity index (χ1n) is 11.1. The number of para-hydroxylation sites is 2. The molecule has 0 N–H and O–H groups in total. The number of aromatic nitrogens is 1. The molecular weight excluding hydrogens is 406 g/mol. The van der Waals surface area contributed by atoms with Gasteiger partial charge in [-0.3, -0.25) is 14.5 Å². The highest BCUT2D eigenvalue weighted by molar-refractivity contribution is 5.99. The molecular formula is C25H35N3O4. The molecule has 174 valence electrons. The van der Waals surface area contributed by atoms with Crippen LogP contribution in [0.1, 0.15) is 42.5 Å². The summed E-state index contributed by atoms with van der Waals surface area (Å²) in [6.45, 7) is 13.4. The van der Waals surface area contributed by atoms with E-state index in [1.165, 1.54) is 0 Å². The summed E-state index contributed by atoms with van der Waals surface area (Å²) in [6, 6.07) is 9.28. The lowest BCUT2D eigenvalue weighted by Crippen LogP contribution is -2.51. The SMILES string of the molecule is COc1ccccc1OCC(=O)N1CCN(CC(=O)c2cc(C)n(C(C)(C)C)c2C)CC1. The van der Waals surface area contributed by atoms with Gasteiger partial charge in [-0.2, -0.15) is 0 Å². The molecule has 2 heterocycles. The van der Waals surface area contributed by atoms with E-state index in [1.54, 1.807) is 24.1 Å². The van der Waals surface area contributed by atoms with E-state index in [2.05, 4.69) is 30.2 Å². The number of nitrogens with zero attached hydrogens (tertiary/aromatic N) is 3. The molecule has 0 spiro atoms. The summed E-state index contributed by atoms with van der Waals surface area (Å²) in [5, 5.41) is 0. The first-order chi connectivity index (χ1) is 15.1. The standard InChI is InChI=1S/C25H35N3O4/c1-18-15-20(19(2)28(18)25(3,4)5)21(29)16-26-11-13-27(14-12-26)24(30)17-32-23-10-8-7-9-22(23)31-6/h7-10,15H,11-14,16-17H2,1-6H3. The molecule has 7 heteroatoms. The number of ketones is 1. The lowest BCUT2D eigenvalue weighted by Gasteiger charge is -2.34. The Hall–Kier alpha value is -2.80. The number of piperazine rings is 1. The van der Waals surface area contributed by atoms with Crippen molar-refractivity contribution in [2.24, 2.45) is 0 Å². The highest BCUT2D eigenvalue weighted by atomic mass is 16.5. The highest BCUT2D eigenvalue weighted by Crippen LogP contribution is 2.26. The van der Waals surface area contributed by atoms with Gasteiger partial charge in [-0.1, -0.05) is 12.1 Å². The third-order valence-electron chi connectivity index (χ3n) is 5.91. The monoisotopic (exact) mass is 441 g/mol. The first-order valence-corrected chi connectivity index (χ1v) is 11.1. The molecule has 1 aromatic heterocycles. The fourth-order valence-electron chi connectivity index (χ4n) is 4.49. The molecule has 1 fully saturated rings. The van der Waals surface area contributed by atoms with Crippen LogP contribution in [0.3, 0.4) is 0 Å². The van der Waals surface area contributed by atoms with Crippen LogP contribution in [0, 0.1) is 13.8 Å². The molecule has 1 aromatic carbocycles. The minimum Gasteiger partial charge on any atom is -0.493 e. The van der Waals surface area contributed by atoms with Crippen molar-refractivity contribution in [3.05, 3.63) is 47.3 Å². The fraction of sp³-hybridized carbons (Fsp3) is 0.520. The Morgan fingerprint density at radius 1 is 1.00 bits per heavy atom. The maximum absolute atomic E-state index is 13.0. The Bertz CT molecular complexity index is 966. The molecule has 2 aromatic rings. The number of Topliss-reactive ketones (excluding diaryl/α,β-unsaturated/α-hetero) is 1. The average Bonchev–Trinajstić information content (AvgIpc) is 3.07. The van der Waals surface area contributed by atoms with E-state index in [-0.39, 0.29) is 23.8 Å². The van der Waals surface area contributed by atoms with Gasteiger partial charge in [0.1, 0.15) is 0 Å². The molecule has 0 bridgehead atoms. The van der Waals surface area contributed by atoms with E-state index in [9.17, 15) is 9.59 Å². The van der Waals surface area contributed by atoms with Crippen molar-refractivity contribution in [2.45, 2.75) is 40.2 Å². The first kappa shape index (κ1) is 23.9.